The molecule has 3 rings (SSSR count). The quantitative estimate of drug-likeness (QED) is 0.583. The smallest absolute Gasteiger partial charge is 0.255 e. The Morgan fingerprint density at radius 2 is 1.62 bits per heavy atom. The molecule has 0 unspecified atom stereocenters. The van der Waals surface area contributed by atoms with Crippen LogP contribution in [0.25, 0.3) is 0 Å². The van der Waals surface area contributed by atoms with Gasteiger partial charge < -0.3 is 14.8 Å². The Labute approximate surface area is 172 Å². The highest BCUT2D eigenvalue weighted by molar-refractivity contribution is 6.05. The van der Waals surface area contributed by atoms with Crippen LogP contribution >= 0.6 is 0 Å². The Morgan fingerprint density at radius 3 is 2.28 bits per heavy atom. The Kier molecular flexibility index (Phi) is 6.23. The van der Waals surface area contributed by atoms with Crippen molar-refractivity contribution in [3.05, 3.63) is 88.0 Å². The number of methoxy groups -OCH3 is 1. The monoisotopic (exact) mass is 389 g/mol. The molecular formula is C25H27NO3. The van der Waals surface area contributed by atoms with Crippen LogP contribution in [-0.4, -0.2) is 13.0 Å². The number of carbonyl (C=O) groups is 1. The molecule has 29 heavy (non-hydrogen) atoms. The Hall–Kier alpha value is -3.27. The Bertz CT molecular complexity index is 1020. The zero-order valence-electron chi connectivity index (χ0n) is 17.6. The molecule has 3 aromatic rings. The van der Waals surface area contributed by atoms with E-state index in [0.717, 1.165) is 33.7 Å². The second-order valence-corrected chi connectivity index (χ2v) is 7.36. The lowest BCUT2D eigenvalue weighted by Gasteiger charge is -2.15. The van der Waals surface area contributed by atoms with Gasteiger partial charge in [-0.05, 0) is 74.7 Å². The SMILES string of the molecule is COc1ccc(C(=O)Nc2c(C)cc(C)cc2C)cc1COc1cccc(C)c1. The molecule has 0 bridgehead atoms. The highest BCUT2D eigenvalue weighted by Gasteiger charge is 2.14. The second kappa shape index (κ2) is 8.82. The number of amides is 1. The van der Waals surface area contributed by atoms with Gasteiger partial charge in [-0.2, -0.15) is 0 Å². The van der Waals surface area contributed by atoms with Crippen molar-refractivity contribution in [3.8, 4) is 11.5 Å². The molecule has 0 aliphatic heterocycles. The predicted molar refractivity (Wildman–Crippen MR) is 117 cm³/mol. The summed E-state index contributed by atoms with van der Waals surface area (Å²) in [6.45, 7) is 8.40. The maximum absolute atomic E-state index is 12.9. The molecule has 1 N–H and O–H groups in total. The van der Waals surface area contributed by atoms with E-state index in [1.165, 1.54) is 5.56 Å². The van der Waals surface area contributed by atoms with Crippen LogP contribution < -0.4 is 14.8 Å². The van der Waals surface area contributed by atoms with E-state index in [1.54, 1.807) is 19.2 Å². The van der Waals surface area contributed by atoms with Crippen LogP contribution in [0.15, 0.2) is 54.6 Å². The van der Waals surface area contributed by atoms with Crippen molar-refractivity contribution >= 4 is 11.6 Å². The zero-order chi connectivity index (χ0) is 21.0. The maximum Gasteiger partial charge on any atom is 0.255 e. The fourth-order valence-corrected chi connectivity index (χ4v) is 3.46. The van der Waals surface area contributed by atoms with Crippen molar-refractivity contribution in [1.29, 1.82) is 0 Å². The molecule has 0 heterocycles. The van der Waals surface area contributed by atoms with Crippen LogP contribution in [0, 0.1) is 27.7 Å². The third-order valence-electron chi connectivity index (χ3n) is 4.84. The number of nitrogens with one attached hydrogen (secondary N) is 1. The van der Waals surface area contributed by atoms with Gasteiger partial charge in [0.15, 0.2) is 0 Å². The van der Waals surface area contributed by atoms with Gasteiger partial charge in [-0.25, -0.2) is 0 Å². The van der Waals surface area contributed by atoms with Crippen LogP contribution in [0.5, 0.6) is 11.5 Å². The third kappa shape index (κ3) is 4.96. The number of ether oxygens (including phenoxy) is 2. The molecule has 0 aliphatic carbocycles. The number of carbonyl (C=O) groups excluding carboxylic acids is 1. The molecule has 3 aromatic carbocycles. The minimum Gasteiger partial charge on any atom is -0.496 e. The first-order valence-corrected chi connectivity index (χ1v) is 9.63. The third-order valence-corrected chi connectivity index (χ3v) is 4.84. The van der Waals surface area contributed by atoms with Crippen molar-refractivity contribution in [2.24, 2.45) is 0 Å². The molecular weight excluding hydrogens is 362 g/mol. The van der Waals surface area contributed by atoms with Crippen molar-refractivity contribution in [3.63, 3.8) is 0 Å². The highest BCUT2D eigenvalue weighted by atomic mass is 16.5. The molecule has 0 aromatic heterocycles. The number of anilines is 1. The molecule has 150 valence electrons. The fraction of sp³-hybridized carbons (Fsp3) is 0.240. The molecule has 0 aliphatic rings. The number of hydrogen-bond acceptors (Lipinski definition) is 3. The summed E-state index contributed by atoms with van der Waals surface area (Å²) in [5.41, 5.74) is 6.64. The number of benzene rings is 3. The lowest BCUT2D eigenvalue weighted by molar-refractivity contribution is 0.102. The standard InChI is InChI=1S/C25H27NO3/c1-16-7-6-8-22(13-16)29-15-21-14-20(9-10-23(21)28-5)25(27)26-24-18(3)11-17(2)12-19(24)4/h6-14H,15H2,1-5H3,(H,26,27). The van der Waals surface area contributed by atoms with E-state index in [2.05, 4.69) is 24.4 Å². The normalized spacial score (nSPS) is 10.5. The molecule has 4 heteroatoms. The molecule has 1 amide bonds. The maximum atomic E-state index is 12.9. The van der Waals surface area contributed by atoms with Gasteiger partial charge in [-0.1, -0.05) is 29.8 Å². The lowest BCUT2D eigenvalue weighted by Crippen LogP contribution is -2.14. The molecule has 0 radical (unpaired) electrons. The van der Waals surface area contributed by atoms with Crippen LogP contribution in [0.3, 0.4) is 0 Å². The van der Waals surface area contributed by atoms with E-state index in [1.807, 2.05) is 51.1 Å². The zero-order valence-corrected chi connectivity index (χ0v) is 17.6. The van der Waals surface area contributed by atoms with Crippen LogP contribution in [0.4, 0.5) is 5.69 Å². The minimum absolute atomic E-state index is 0.153. The summed E-state index contributed by atoms with van der Waals surface area (Å²) in [5, 5.41) is 3.05. The summed E-state index contributed by atoms with van der Waals surface area (Å²) < 4.78 is 11.4. The molecule has 0 saturated carbocycles. The summed E-state index contributed by atoms with van der Waals surface area (Å²) in [6, 6.07) is 17.4. The van der Waals surface area contributed by atoms with Crippen LogP contribution in [0.1, 0.15) is 38.2 Å². The summed E-state index contributed by atoms with van der Waals surface area (Å²) in [5.74, 6) is 1.32. The summed E-state index contributed by atoms with van der Waals surface area (Å²) in [4.78, 5) is 12.9. The molecule has 0 saturated heterocycles. The van der Waals surface area contributed by atoms with Gasteiger partial charge in [0, 0.05) is 16.8 Å². The number of aryl methyl sites for hydroxylation is 4. The molecule has 0 fully saturated rings. The van der Waals surface area contributed by atoms with E-state index in [4.69, 9.17) is 9.47 Å². The van der Waals surface area contributed by atoms with Gasteiger partial charge >= 0.3 is 0 Å². The number of rotatable bonds is 6. The molecule has 0 spiro atoms. The van der Waals surface area contributed by atoms with E-state index >= 15 is 0 Å². The van der Waals surface area contributed by atoms with Crippen molar-refractivity contribution < 1.29 is 14.3 Å². The highest BCUT2D eigenvalue weighted by Crippen LogP contribution is 2.25. The van der Waals surface area contributed by atoms with Gasteiger partial charge in [0.2, 0.25) is 0 Å². The van der Waals surface area contributed by atoms with Gasteiger partial charge in [0.1, 0.15) is 18.1 Å². The first-order chi connectivity index (χ1) is 13.9. The average Bonchev–Trinajstić information content (AvgIpc) is 2.68. The molecule has 0 atom stereocenters. The summed E-state index contributed by atoms with van der Waals surface area (Å²) in [7, 11) is 1.62. The summed E-state index contributed by atoms with van der Waals surface area (Å²) in [6.07, 6.45) is 0. The van der Waals surface area contributed by atoms with Gasteiger partial charge in [0.25, 0.3) is 5.91 Å². The van der Waals surface area contributed by atoms with Crippen LogP contribution in [0.2, 0.25) is 0 Å². The van der Waals surface area contributed by atoms with E-state index < -0.39 is 0 Å². The predicted octanol–water partition coefficient (Wildman–Crippen LogP) is 5.76. The Balaban J connectivity index is 1.81. The minimum atomic E-state index is -0.153. The fourth-order valence-electron chi connectivity index (χ4n) is 3.46. The second-order valence-electron chi connectivity index (χ2n) is 7.36. The summed E-state index contributed by atoms with van der Waals surface area (Å²) >= 11 is 0. The van der Waals surface area contributed by atoms with Crippen molar-refractivity contribution in [2.75, 3.05) is 12.4 Å². The van der Waals surface area contributed by atoms with Gasteiger partial charge in [0.05, 0.1) is 7.11 Å². The lowest BCUT2D eigenvalue weighted by atomic mass is 10.0. The van der Waals surface area contributed by atoms with Gasteiger partial charge in [-0.3, -0.25) is 4.79 Å². The Morgan fingerprint density at radius 1 is 0.897 bits per heavy atom. The van der Waals surface area contributed by atoms with Crippen LogP contribution in [-0.2, 0) is 6.61 Å². The first kappa shape index (κ1) is 20.5. The largest absolute Gasteiger partial charge is 0.496 e. The number of hydrogen-bond donors (Lipinski definition) is 1. The van der Waals surface area contributed by atoms with E-state index in [0.29, 0.717) is 17.9 Å². The van der Waals surface area contributed by atoms with E-state index in [9.17, 15) is 4.79 Å². The molecule has 4 nitrogen and oxygen atoms in total. The van der Waals surface area contributed by atoms with Crippen molar-refractivity contribution in [2.45, 2.75) is 34.3 Å². The average molecular weight is 389 g/mol. The van der Waals surface area contributed by atoms with Gasteiger partial charge in [-0.15, -0.1) is 0 Å². The van der Waals surface area contributed by atoms with E-state index in [-0.39, 0.29) is 5.91 Å². The first-order valence-electron chi connectivity index (χ1n) is 9.63. The van der Waals surface area contributed by atoms with Crippen molar-refractivity contribution in [1.82, 2.24) is 0 Å². The topological polar surface area (TPSA) is 47.6 Å².